The molecule has 1 aliphatic heterocycles. The van der Waals surface area contributed by atoms with E-state index in [2.05, 4.69) is 9.97 Å². The molecule has 2 rings (SSSR count). The zero-order chi connectivity index (χ0) is 13.3. The van der Waals surface area contributed by atoms with E-state index < -0.39 is 15.8 Å². The molecule has 1 aromatic heterocycles. The molecule has 0 radical (unpaired) electrons. The topological polar surface area (TPSA) is 100 Å². The van der Waals surface area contributed by atoms with Gasteiger partial charge in [-0.05, 0) is 6.92 Å². The van der Waals surface area contributed by atoms with Gasteiger partial charge in [-0.2, -0.15) is 0 Å². The maximum atomic E-state index is 11.4. The van der Waals surface area contributed by atoms with E-state index in [-0.39, 0.29) is 23.2 Å². The Balaban J connectivity index is 2.20. The minimum Gasteiger partial charge on any atom is -0.476 e. The normalized spacial score (nSPS) is 22.7. The molecular formula is C10H13N3O4S. The van der Waals surface area contributed by atoms with Gasteiger partial charge < -0.3 is 10.0 Å². The van der Waals surface area contributed by atoms with Gasteiger partial charge in [-0.3, -0.25) is 0 Å². The van der Waals surface area contributed by atoms with Crippen LogP contribution in [0.4, 0.5) is 5.82 Å². The fourth-order valence-electron chi connectivity index (χ4n) is 1.92. The highest BCUT2D eigenvalue weighted by Crippen LogP contribution is 2.18. The van der Waals surface area contributed by atoms with Crippen molar-refractivity contribution >= 4 is 21.6 Å². The molecule has 8 heteroatoms. The van der Waals surface area contributed by atoms with E-state index in [1.807, 2.05) is 4.90 Å². The summed E-state index contributed by atoms with van der Waals surface area (Å²) < 4.78 is 22.9. The second-order valence-electron chi connectivity index (χ2n) is 4.22. The van der Waals surface area contributed by atoms with Crippen LogP contribution in [-0.4, -0.2) is 53.6 Å². The zero-order valence-corrected chi connectivity index (χ0v) is 10.6. The second-order valence-corrected chi connectivity index (χ2v) is 6.45. The van der Waals surface area contributed by atoms with Gasteiger partial charge in [0.05, 0.1) is 23.9 Å². The monoisotopic (exact) mass is 271 g/mol. The molecule has 0 aliphatic carbocycles. The van der Waals surface area contributed by atoms with E-state index in [0.29, 0.717) is 12.4 Å². The molecule has 1 unspecified atom stereocenters. The van der Waals surface area contributed by atoms with Crippen LogP contribution >= 0.6 is 0 Å². The molecule has 0 amide bonds. The lowest BCUT2D eigenvalue weighted by atomic mass is 10.3. The third-order valence-electron chi connectivity index (χ3n) is 2.82. The number of carboxylic acid groups (broad SMARTS) is 1. The summed E-state index contributed by atoms with van der Waals surface area (Å²) in [5, 5.41) is 8.71. The van der Waals surface area contributed by atoms with E-state index in [0.717, 1.165) is 0 Å². The lowest BCUT2D eigenvalue weighted by Crippen LogP contribution is -2.47. The number of anilines is 1. The van der Waals surface area contributed by atoms with Crippen molar-refractivity contribution in [2.45, 2.75) is 13.0 Å². The van der Waals surface area contributed by atoms with Crippen LogP contribution in [0.1, 0.15) is 17.4 Å². The maximum absolute atomic E-state index is 11.4. The molecule has 7 nitrogen and oxygen atoms in total. The molecule has 0 bridgehead atoms. The number of aromatic nitrogens is 2. The van der Waals surface area contributed by atoms with Crippen molar-refractivity contribution in [1.82, 2.24) is 9.97 Å². The summed E-state index contributed by atoms with van der Waals surface area (Å²) in [6.45, 7) is 2.15. The van der Waals surface area contributed by atoms with Gasteiger partial charge in [0.25, 0.3) is 0 Å². The van der Waals surface area contributed by atoms with Gasteiger partial charge in [-0.1, -0.05) is 0 Å². The molecule has 18 heavy (non-hydrogen) atoms. The molecule has 0 saturated carbocycles. The lowest BCUT2D eigenvalue weighted by Gasteiger charge is -2.33. The van der Waals surface area contributed by atoms with Crippen LogP contribution in [0.2, 0.25) is 0 Å². The summed E-state index contributed by atoms with van der Waals surface area (Å²) in [5.74, 6) is -0.472. The first kappa shape index (κ1) is 12.7. The Bertz CT molecular complexity index is 555. The summed E-state index contributed by atoms with van der Waals surface area (Å²) in [4.78, 5) is 20.2. The van der Waals surface area contributed by atoms with Crippen LogP contribution in [0.3, 0.4) is 0 Å². The van der Waals surface area contributed by atoms with Crippen LogP contribution in [0, 0.1) is 0 Å². The molecule has 1 fully saturated rings. The highest BCUT2D eigenvalue weighted by Gasteiger charge is 2.29. The van der Waals surface area contributed by atoms with Crippen molar-refractivity contribution < 1.29 is 18.3 Å². The van der Waals surface area contributed by atoms with Gasteiger partial charge in [0.1, 0.15) is 5.82 Å². The summed E-state index contributed by atoms with van der Waals surface area (Å²) in [7, 11) is -2.98. The molecule has 1 aliphatic rings. The molecular weight excluding hydrogens is 258 g/mol. The summed E-state index contributed by atoms with van der Waals surface area (Å²) in [6, 6.07) is -0.186. The molecule has 98 valence electrons. The van der Waals surface area contributed by atoms with Crippen molar-refractivity contribution in [2.75, 3.05) is 23.0 Å². The largest absolute Gasteiger partial charge is 0.476 e. The average molecular weight is 271 g/mol. The first-order valence-electron chi connectivity index (χ1n) is 5.41. The Kier molecular flexibility index (Phi) is 3.20. The van der Waals surface area contributed by atoms with Crippen molar-refractivity contribution in [3.05, 3.63) is 18.1 Å². The SMILES string of the molecule is CC1CS(=O)(=O)CCN1c1cnc(C(=O)O)cn1. The smallest absolute Gasteiger partial charge is 0.356 e. The predicted octanol–water partition coefficient (Wildman–Crippen LogP) is -0.202. The van der Waals surface area contributed by atoms with Crippen molar-refractivity contribution in [2.24, 2.45) is 0 Å². The number of nitrogens with zero attached hydrogens (tertiary/aromatic N) is 3. The fourth-order valence-corrected chi connectivity index (χ4v) is 3.48. The molecule has 1 atom stereocenters. The van der Waals surface area contributed by atoms with Gasteiger partial charge in [0, 0.05) is 12.6 Å². The Morgan fingerprint density at radius 1 is 1.44 bits per heavy atom. The first-order chi connectivity index (χ1) is 8.39. The predicted molar refractivity (Wildman–Crippen MR) is 64.5 cm³/mol. The zero-order valence-electron chi connectivity index (χ0n) is 9.78. The molecule has 1 saturated heterocycles. The average Bonchev–Trinajstić information content (AvgIpc) is 2.28. The Hall–Kier alpha value is -1.70. The van der Waals surface area contributed by atoms with Crippen molar-refractivity contribution in [1.29, 1.82) is 0 Å². The van der Waals surface area contributed by atoms with Crippen molar-refractivity contribution in [3.8, 4) is 0 Å². The molecule has 1 aromatic rings. The standard InChI is InChI=1S/C10H13N3O4S/c1-7-6-18(16,17)3-2-13(7)9-5-11-8(4-12-9)10(14)15/h4-5,7H,2-3,6H2,1H3,(H,14,15). The van der Waals surface area contributed by atoms with E-state index in [1.165, 1.54) is 12.4 Å². The molecule has 1 N–H and O–H groups in total. The Morgan fingerprint density at radius 3 is 2.67 bits per heavy atom. The number of hydrogen-bond donors (Lipinski definition) is 1. The number of sulfone groups is 1. The van der Waals surface area contributed by atoms with Gasteiger partial charge in [0.2, 0.25) is 0 Å². The van der Waals surface area contributed by atoms with Crippen LogP contribution in [0.15, 0.2) is 12.4 Å². The highest BCUT2D eigenvalue weighted by molar-refractivity contribution is 7.91. The number of carbonyl (C=O) groups is 1. The van der Waals surface area contributed by atoms with Crippen molar-refractivity contribution in [3.63, 3.8) is 0 Å². The minimum absolute atomic E-state index is 0.0787. The lowest BCUT2D eigenvalue weighted by molar-refractivity contribution is 0.0690. The summed E-state index contributed by atoms with van der Waals surface area (Å²) in [6.07, 6.45) is 2.53. The molecule has 2 heterocycles. The third-order valence-corrected chi connectivity index (χ3v) is 4.62. The van der Waals surface area contributed by atoms with Crippen LogP contribution in [0.25, 0.3) is 0 Å². The number of hydrogen-bond acceptors (Lipinski definition) is 6. The Morgan fingerprint density at radius 2 is 2.17 bits per heavy atom. The maximum Gasteiger partial charge on any atom is 0.356 e. The molecule has 0 aromatic carbocycles. The second kappa shape index (κ2) is 4.52. The quantitative estimate of drug-likeness (QED) is 0.794. The number of carboxylic acids is 1. The molecule has 0 spiro atoms. The number of aromatic carboxylic acids is 1. The van der Waals surface area contributed by atoms with E-state index in [1.54, 1.807) is 6.92 Å². The van der Waals surface area contributed by atoms with Gasteiger partial charge in [0.15, 0.2) is 15.5 Å². The van der Waals surface area contributed by atoms with Crippen LogP contribution in [0.5, 0.6) is 0 Å². The van der Waals surface area contributed by atoms with Gasteiger partial charge >= 0.3 is 5.97 Å². The summed E-state index contributed by atoms with van der Waals surface area (Å²) in [5.41, 5.74) is -0.129. The van der Waals surface area contributed by atoms with Gasteiger partial charge in [-0.15, -0.1) is 0 Å². The highest BCUT2D eigenvalue weighted by atomic mass is 32.2. The Labute approximate surface area is 104 Å². The fraction of sp³-hybridized carbons (Fsp3) is 0.500. The number of rotatable bonds is 2. The third kappa shape index (κ3) is 2.58. The minimum atomic E-state index is -2.98. The first-order valence-corrected chi connectivity index (χ1v) is 7.23. The van der Waals surface area contributed by atoms with E-state index in [4.69, 9.17) is 5.11 Å². The summed E-state index contributed by atoms with van der Waals surface area (Å²) >= 11 is 0. The van der Waals surface area contributed by atoms with E-state index >= 15 is 0 Å². The van der Waals surface area contributed by atoms with E-state index in [9.17, 15) is 13.2 Å². The van der Waals surface area contributed by atoms with Crippen LogP contribution in [-0.2, 0) is 9.84 Å². The van der Waals surface area contributed by atoms with Gasteiger partial charge in [-0.25, -0.2) is 23.2 Å². The van der Waals surface area contributed by atoms with Crippen LogP contribution < -0.4 is 4.90 Å².